The lowest BCUT2D eigenvalue weighted by Crippen LogP contribution is -2.28. The van der Waals surface area contributed by atoms with Gasteiger partial charge in [-0.25, -0.2) is 9.36 Å². The average Bonchev–Trinajstić information content (AvgIpc) is 3.00. The number of hydrogen-bond acceptors (Lipinski definition) is 6. The van der Waals surface area contributed by atoms with E-state index in [1.54, 1.807) is 26.8 Å². The minimum Gasteiger partial charge on any atom is -0.493 e. The number of rotatable bonds is 5. The third-order valence-corrected chi connectivity index (χ3v) is 3.97. The van der Waals surface area contributed by atoms with E-state index in [9.17, 15) is 9.59 Å². The van der Waals surface area contributed by atoms with E-state index in [1.807, 2.05) is 0 Å². The molecule has 1 aromatic heterocycles. The fraction of sp³-hybridized carbons (Fsp3) is 0.368. The second-order valence-electron chi connectivity index (χ2n) is 6.64. The average molecular weight is 440 g/mol. The number of hydrogen-bond donors (Lipinski definition) is 0. The molecule has 1 heterocycles. The fourth-order valence-corrected chi connectivity index (χ4v) is 2.85. The maximum atomic E-state index is 13.1. The van der Waals surface area contributed by atoms with Crippen LogP contribution in [-0.2, 0) is 4.74 Å². The molecule has 0 aliphatic rings. The third-order valence-electron chi connectivity index (χ3n) is 3.54. The smallest absolute Gasteiger partial charge is 0.419 e. The van der Waals surface area contributed by atoms with Crippen molar-refractivity contribution in [2.24, 2.45) is 0 Å². The van der Waals surface area contributed by atoms with Gasteiger partial charge in [-0.05, 0) is 54.9 Å². The molecule has 0 unspecified atom stereocenters. The highest BCUT2D eigenvalue weighted by Gasteiger charge is 2.25. The second kappa shape index (κ2) is 8.04. The molecule has 0 N–H and O–H groups in total. The van der Waals surface area contributed by atoms with Gasteiger partial charge in [0.25, 0.3) is 0 Å². The van der Waals surface area contributed by atoms with E-state index in [0.717, 1.165) is 0 Å². The molecule has 0 saturated carbocycles. The van der Waals surface area contributed by atoms with Gasteiger partial charge < -0.3 is 18.9 Å². The van der Waals surface area contributed by atoms with Crippen molar-refractivity contribution in [2.45, 2.75) is 26.4 Å². The van der Waals surface area contributed by atoms with E-state index in [4.69, 9.17) is 18.9 Å². The predicted octanol–water partition coefficient (Wildman–Crippen LogP) is 4.29. The highest BCUT2D eigenvalue weighted by Crippen LogP contribution is 2.38. The fourth-order valence-electron chi connectivity index (χ4n) is 2.43. The van der Waals surface area contributed by atoms with E-state index < -0.39 is 17.5 Å². The number of benzene rings is 1. The number of nitrogens with zero attached hydrogens (tertiary/aromatic N) is 1. The molecule has 0 saturated heterocycles. The van der Waals surface area contributed by atoms with Crippen molar-refractivity contribution in [2.75, 3.05) is 21.3 Å². The van der Waals surface area contributed by atoms with Gasteiger partial charge in [-0.3, -0.25) is 4.79 Å². The zero-order valence-electron chi connectivity index (χ0n) is 16.1. The topological polar surface area (TPSA) is 76.0 Å². The number of carbonyl (C=O) groups excluding carboxylic acids is 2. The van der Waals surface area contributed by atoms with Gasteiger partial charge in [-0.2, -0.15) is 0 Å². The number of halogens is 1. The number of carbonyl (C=O) groups is 2. The Balaban J connectivity index is 2.52. The summed E-state index contributed by atoms with van der Waals surface area (Å²) in [5.74, 6) is 0.662. The van der Waals surface area contributed by atoms with Gasteiger partial charge in [0.15, 0.2) is 11.5 Å². The zero-order valence-corrected chi connectivity index (χ0v) is 17.7. The first-order chi connectivity index (χ1) is 12.6. The maximum Gasteiger partial charge on any atom is 0.419 e. The van der Waals surface area contributed by atoms with Gasteiger partial charge in [0, 0.05) is 16.2 Å². The molecule has 2 rings (SSSR count). The van der Waals surface area contributed by atoms with Crippen molar-refractivity contribution in [3.05, 3.63) is 40.1 Å². The molecule has 0 bridgehead atoms. The molecule has 0 aliphatic carbocycles. The summed E-state index contributed by atoms with van der Waals surface area (Å²) in [6, 6.07) is 4.61. The second-order valence-corrected chi connectivity index (χ2v) is 7.55. The van der Waals surface area contributed by atoms with Crippen molar-refractivity contribution >= 4 is 27.8 Å². The van der Waals surface area contributed by atoms with Crippen LogP contribution in [0.2, 0.25) is 0 Å². The van der Waals surface area contributed by atoms with Gasteiger partial charge in [0.1, 0.15) is 11.3 Å². The Bertz CT molecular complexity index is 841. The van der Waals surface area contributed by atoms with E-state index in [-0.39, 0.29) is 11.3 Å². The molecule has 0 spiro atoms. The Labute approximate surface area is 166 Å². The van der Waals surface area contributed by atoms with Crippen LogP contribution in [0, 0.1) is 0 Å². The van der Waals surface area contributed by atoms with Crippen LogP contribution in [0.3, 0.4) is 0 Å². The van der Waals surface area contributed by atoms with E-state index >= 15 is 0 Å². The summed E-state index contributed by atoms with van der Waals surface area (Å²) in [5, 5.41) is 0. The Hall–Kier alpha value is -2.48. The summed E-state index contributed by atoms with van der Waals surface area (Å²) >= 11 is 3.30. The molecule has 0 radical (unpaired) electrons. The van der Waals surface area contributed by atoms with Gasteiger partial charge in [-0.1, -0.05) is 0 Å². The number of ketones is 1. The predicted molar refractivity (Wildman–Crippen MR) is 103 cm³/mol. The van der Waals surface area contributed by atoms with Crippen LogP contribution < -0.4 is 14.2 Å². The molecule has 146 valence electrons. The lowest BCUT2D eigenvalue weighted by molar-refractivity contribution is 0.0529. The van der Waals surface area contributed by atoms with Crippen LogP contribution in [0.4, 0.5) is 4.79 Å². The van der Waals surface area contributed by atoms with Crippen LogP contribution in [0.15, 0.2) is 28.9 Å². The molecule has 1 aromatic carbocycles. The monoisotopic (exact) mass is 439 g/mol. The van der Waals surface area contributed by atoms with Gasteiger partial charge in [0.05, 0.1) is 21.3 Å². The third kappa shape index (κ3) is 4.63. The van der Waals surface area contributed by atoms with E-state index in [2.05, 4.69) is 15.9 Å². The van der Waals surface area contributed by atoms with E-state index in [1.165, 1.54) is 44.2 Å². The van der Waals surface area contributed by atoms with Crippen molar-refractivity contribution in [1.82, 2.24) is 4.57 Å². The summed E-state index contributed by atoms with van der Waals surface area (Å²) in [4.78, 5) is 25.6. The molecular formula is C19H22BrNO6. The molecule has 0 fully saturated rings. The Kier molecular flexibility index (Phi) is 6.20. The Morgan fingerprint density at radius 1 is 0.963 bits per heavy atom. The zero-order chi connectivity index (χ0) is 20.4. The molecule has 0 aliphatic heterocycles. The molecule has 0 amide bonds. The first-order valence-corrected chi connectivity index (χ1v) is 8.86. The number of aromatic nitrogens is 1. The van der Waals surface area contributed by atoms with Gasteiger partial charge in [0.2, 0.25) is 11.5 Å². The molecule has 8 heteroatoms. The minimum absolute atomic E-state index is 0.144. The SMILES string of the molecule is COc1cc(C(=O)c2cc(Br)cn2C(=O)OC(C)(C)C)cc(OC)c1OC. The lowest BCUT2D eigenvalue weighted by Gasteiger charge is -2.20. The van der Waals surface area contributed by atoms with Crippen LogP contribution in [0.25, 0.3) is 0 Å². The van der Waals surface area contributed by atoms with Crippen LogP contribution >= 0.6 is 15.9 Å². The van der Waals surface area contributed by atoms with Crippen molar-refractivity contribution in [3.8, 4) is 17.2 Å². The summed E-state index contributed by atoms with van der Waals surface area (Å²) in [7, 11) is 4.41. The number of ether oxygens (including phenoxy) is 4. The van der Waals surface area contributed by atoms with Gasteiger partial charge in [-0.15, -0.1) is 0 Å². The largest absolute Gasteiger partial charge is 0.493 e. The Morgan fingerprint density at radius 3 is 1.96 bits per heavy atom. The normalized spacial score (nSPS) is 11.1. The summed E-state index contributed by atoms with van der Waals surface area (Å²) < 4.78 is 23.0. The minimum atomic E-state index is -0.694. The summed E-state index contributed by atoms with van der Waals surface area (Å²) in [6.07, 6.45) is 0.836. The summed E-state index contributed by atoms with van der Waals surface area (Å²) in [6.45, 7) is 5.26. The van der Waals surface area contributed by atoms with E-state index in [0.29, 0.717) is 21.7 Å². The standard InChI is InChI=1S/C19H22BrNO6/c1-19(2,3)27-18(23)21-10-12(20)9-13(21)16(22)11-7-14(24-4)17(26-6)15(8-11)25-5/h7-10H,1-6H3. The highest BCUT2D eigenvalue weighted by molar-refractivity contribution is 9.10. The van der Waals surface area contributed by atoms with Crippen LogP contribution in [0.5, 0.6) is 17.2 Å². The first-order valence-electron chi connectivity index (χ1n) is 8.07. The first kappa shape index (κ1) is 20.8. The lowest BCUT2D eigenvalue weighted by atomic mass is 10.1. The van der Waals surface area contributed by atoms with Crippen LogP contribution in [0.1, 0.15) is 36.8 Å². The van der Waals surface area contributed by atoms with Crippen molar-refractivity contribution in [1.29, 1.82) is 0 Å². The maximum absolute atomic E-state index is 13.1. The quantitative estimate of drug-likeness (QED) is 0.646. The molecule has 0 atom stereocenters. The Morgan fingerprint density at radius 2 is 1.52 bits per heavy atom. The van der Waals surface area contributed by atoms with Crippen molar-refractivity contribution < 1.29 is 28.5 Å². The molecule has 2 aromatic rings. The van der Waals surface area contributed by atoms with Crippen LogP contribution in [-0.4, -0.2) is 43.4 Å². The van der Waals surface area contributed by atoms with Gasteiger partial charge >= 0.3 is 6.09 Å². The number of methoxy groups -OCH3 is 3. The summed E-state index contributed by atoms with van der Waals surface area (Å²) in [5.41, 5.74) is -0.272. The highest BCUT2D eigenvalue weighted by atomic mass is 79.9. The molecular weight excluding hydrogens is 418 g/mol. The molecule has 7 nitrogen and oxygen atoms in total. The molecule has 27 heavy (non-hydrogen) atoms. The van der Waals surface area contributed by atoms with Crippen molar-refractivity contribution in [3.63, 3.8) is 0 Å².